The van der Waals surface area contributed by atoms with Crippen molar-refractivity contribution in [2.45, 2.75) is 19.9 Å². The Labute approximate surface area is 131 Å². The molecule has 0 aliphatic rings. The van der Waals surface area contributed by atoms with Crippen LogP contribution in [0.5, 0.6) is 0 Å². The van der Waals surface area contributed by atoms with Crippen molar-refractivity contribution >= 4 is 34.9 Å². The molecule has 0 spiro atoms. The third-order valence-electron chi connectivity index (χ3n) is 2.83. The maximum atomic E-state index is 11.9. The van der Waals surface area contributed by atoms with Crippen molar-refractivity contribution in [3.8, 4) is 0 Å². The molecule has 1 aromatic carbocycles. The molecule has 110 valence electrons. The molecule has 0 unspecified atom stereocenters. The first kappa shape index (κ1) is 15.5. The van der Waals surface area contributed by atoms with Crippen LogP contribution >= 0.6 is 23.2 Å². The van der Waals surface area contributed by atoms with Gasteiger partial charge in [0, 0.05) is 12.7 Å². The van der Waals surface area contributed by atoms with Crippen LogP contribution in [0.1, 0.15) is 12.5 Å². The molecule has 1 aromatic heterocycles. The molecule has 1 heterocycles. The van der Waals surface area contributed by atoms with Gasteiger partial charge in [-0.1, -0.05) is 29.3 Å². The van der Waals surface area contributed by atoms with Crippen molar-refractivity contribution in [1.29, 1.82) is 0 Å². The third kappa shape index (κ3) is 4.06. The van der Waals surface area contributed by atoms with Crippen molar-refractivity contribution in [2.75, 3.05) is 5.32 Å². The van der Waals surface area contributed by atoms with E-state index in [1.165, 1.54) is 4.57 Å². The summed E-state index contributed by atoms with van der Waals surface area (Å²) >= 11 is 11.7. The lowest BCUT2D eigenvalue weighted by molar-refractivity contribution is -0.115. The number of carbonyl (C=O) groups excluding carboxylic acids is 1. The maximum Gasteiger partial charge on any atom is 0.349 e. The Morgan fingerprint density at radius 1 is 1.29 bits per heavy atom. The van der Waals surface area contributed by atoms with Gasteiger partial charge in [0.05, 0.1) is 16.5 Å². The average Bonchev–Trinajstić information content (AvgIpc) is 2.43. The number of nitrogens with zero attached hydrogens (tertiary/aromatic N) is 2. The Kier molecular flexibility index (Phi) is 4.98. The number of halogens is 2. The molecule has 0 radical (unpaired) electrons. The zero-order valence-corrected chi connectivity index (χ0v) is 12.8. The molecule has 1 N–H and O–H groups in total. The molecule has 2 aromatic rings. The summed E-state index contributed by atoms with van der Waals surface area (Å²) < 4.78 is 1.44. The van der Waals surface area contributed by atoms with Gasteiger partial charge < -0.3 is 5.32 Å². The van der Waals surface area contributed by atoms with Gasteiger partial charge in [0.15, 0.2) is 0 Å². The van der Waals surface area contributed by atoms with Crippen LogP contribution in [0, 0.1) is 0 Å². The van der Waals surface area contributed by atoms with Gasteiger partial charge in [-0.25, -0.2) is 4.79 Å². The minimum Gasteiger partial charge on any atom is -0.310 e. The summed E-state index contributed by atoms with van der Waals surface area (Å²) in [4.78, 5) is 27.3. The fourth-order valence-corrected chi connectivity index (χ4v) is 2.08. The van der Waals surface area contributed by atoms with E-state index >= 15 is 0 Å². The van der Waals surface area contributed by atoms with Gasteiger partial charge in [-0.15, -0.1) is 0 Å². The molecule has 0 saturated heterocycles. The van der Waals surface area contributed by atoms with Crippen LogP contribution in [0.2, 0.25) is 10.0 Å². The van der Waals surface area contributed by atoms with Crippen molar-refractivity contribution in [3.05, 3.63) is 56.6 Å². The third-order valence-corrected chi connectivity index (χ3v) is 3.57. The van der Waals surface area contributed by atoms with E-state index in [1.54, 1.807) is 30.5 Å². The van der Waals surface area contributed by atoms with Crippen molar-refractivity contribution in [1.82, 2.24) is 9.55 Å². The Hall–Kier alpha value is -1.85. The van der Waals surface area contributed by atoms with Crippen LogP contribution in [-0.4, -0.2) is 15.5 Å². The van der Waals surface area contributed by atoms with Gasteiger partial charge in [-0.3, -0.25) is 9.36 Å². The second-order valence-electron chi connectivity index (χ2n) is 4.35. The van der Waals surface area contributed by atoms with E-state index in [1.807, 2.05) is 6.92 Å². The highest BCUT2D eigenvalue weighted by atomic mass is 35.5. The smallest absolute Gasteiger partial charge is 0.310 e. The average molecular weight is 326 g/mol. The topological polar surface area (TPSA) is 64.0 Å². The van der Waals surface area contributed by atoms with Crippen LogP contribution in [0.4, 0.5) is 5.82 Å². The molecule has 0 aliphatic heterocycles. The number of hydrogen-bond acceptors (Lipinski definition) is 3. The predicted molar refractivity (Wildman–Crippen MR) is 83.0 cm³/mol. The SMILES string of the molecule is CCn1ccc(NC(=O)Cc2ccc(Cl)c(Cl)c2)nc1=O. The lowest BCUT2D eigenvalue weighted by Gasteiger charge is -2.06. The monoisotopic (exact) mass is 325 g/mol. The lowest BCUT2D eigenvalue weighted by Crippen LogP contribution is -2.24. The minimum atomic E-state index is -0.398. The molecule has 5 nitrogen and oxygen atoms in total. The largest absolute Gasteiger partial charge is 0.349 e. The van der Waals surface area contributed by atoms with E-state index in [9.17, 15) is 9.59 Å². The van der Waals surface area contributed by atoms with Gasteiger partial charge >= 0.3 is 5.69 Å². The summed E-state index contributed by atoms with van der Waals surface area (Å²) in [6.07, 6.45) is 1.71. The molecule has 0 bridgehead atoms. The molecule has 0 atom stereocenters. The van der Waals surface area contributed by atoms with Gasteiger partial charge in [-0.2, -0.15) is 4.98 Å². The van der Waals surface area contributed by atoms with E-state index in [0.29, 0.717) is 16.6 Å². The lowest BCUT2D eigenvalue weighted by atomic mass is 10.1. The number of nitrogens with one attached hydrogen (secondary N) is 1. The Bertz CT molecular complexity index is 728. The van der Waals surface area contributed by atoms with E-state index in [4.69, 9.17) is 23.2 Å². The number of benzene rings is 1. The van der Waals surface area contributed by atoms with Crippen molar-refractivity contribution in [3.63, 3.8) is 0 Å². The number of carbonyl (C=O) groups is 1. The molecule has 21 heavy (non-hydrogen) atoms. The first-order valence-corrected chi connectivity index (χ1v) is 7.06. The summed E-state index contributed by atoms with van der Waals surface area (Å²) in [5.74, 6) is -0.0516. The summed E-state index contributed by atoms with van der Waals surface area (Å²) in [6.45, 7) is 2.37. The highest BCUT2D eigenvalue weighted by Gasteiger charge is 2.08. The van der Waals surface area contributed by atoms with Gasteiger partial charge in [-0.05, 0) is 30.7 Å². The Morgan fingerprint density at radius 3 is 2.67 bits per heavy atom. The zero-order chi connectivity index (χ0) is 15.4. The first-order chi connectivity index (χ1) is 9.99. The fraction of sp³-hybridized carbons (Fsp3) is 0.214. The second-order valence-corrected chi connectivity index (χ2v) is 5.17. The minimum absolute atomic E-state index is 0.120. The van der Waals surface area contributed by atoms with E-state index < -0.39 is 5.69 Å². The summed E-state index contributed by atoms with van der Waals surface area (Å²) in [5, 5.41) is 3.41. The van der Waals surface area contributed by atoms with Crippen LogP contribution in [-0.2, 0) is 17.8 Å². The summed E-state index contributed by atoms with van der Waals surface area (Å²) in [6, 6.07) is 6.56. The highest BCUT2D eigenvalue weighted by Crippen LogP contribution is 2.22. The first-order valence-electron chi connectivity index (χ1n) is 6.31. The Balaban J connectivity index is 2.06. The number of amides is 1. The number of anilines is 1. The highest BCUT2D eigenvalue weighted by molar-refractivity contribution is 6.42. The number of aryl methyl sites for hydroxylation is 1. The number of hydrogen-bond donors (Lipinski definition) is 1. The standard InChI is InChI=1S/C14H13Cl2N3O2/c1-2-19-6-5-12(18-14(19)21)17-13(20)8-9-3-4-10(15)11(16)7-9/h3-7H,2,8H2,1H3,(H,17,18,20,21). The van der Waals surface area contributed by atoms with Crippen molar-refractivity contribution in [2.24, 2.45) is 0 Å². The fourth-order valence-electron chi connectivity index (χ4n) is 1.76. The quantitative estimate of drug-likeness (QED) is 0.940. The van der Waals surface area contributed by atoms with E-state index in [0.717, 1.165) is 5.56 Å². The van der Waals surface area contributed by atoms with Crippen LogP contribution < -0.4 is 11.0 Å². The summed E-state index contributed by atoms with van der Waals surface area (Å²) in [5.41, 5.74) is 0.327. The zero-order valence-electron chi connectivity index (χ0n) is 11.3. The molecule has 0 fully saturated rings. The van der Waals surface area contributed by atoms with E-state index in [2.05, 4.69) is 10.3 Å². The molecule has 1 amide bonds. The van der Waals surface area contributed by atoms with Crippen molar-refractivity contribution < 1.29 is 4.79 Å². The van der Waals surface area contributed by atoms with Gasteiger partial charge in [0.25, 0.3) is 0 Å². The Morgan fingerprint density at radius 2 is 2.05 bits per heavy atom. The molecule has 7 heteroatoms. The van der Waals surface area contributed by atoms with Crippen LogP contribution in [0.15, 0.2) is 35.3 Å². The molecule has 0 saturated carbocycles. The second kappa shape index (κ2) is 6.74. The molecule has 0 aliphatic carbocycles. The van der Waals surface area contributed by atoms with E-state index in [-0.39, 0.29) is 18.1 Å². The van der Waals surface area contributed by atoms with Crippen LogP contribution in [0.3, 0.4) is 0 Å². The predicted octanol–water partition coefficient (Wildman–Crippen LogP) is 2.75. The molecular weight excluding hydrogens is 313 g/mol. The summed E-state index contributed by atoms with van der Waals surface area (Å²) in [7, 11) is 0. The van der Waals surface area contributed by atoms with Gasteiger partial charge in [0.1, 0.15) is 5.82 Å². The molecule has 2 rings (SSSR count). The van der Waals surface area contributed by atoms with Crippen LogP contribution in [0.25, 0.3) is 0 Å². The number of rotatable bonds is 4. The van der Waals surface area contributed by atoms with Gasteiger partial charge in [0.2, 0.25) is 5.91 Å². The molecular formula is C14H13Cl2N3O2. The normalized spacial score (nSPS) is 10.4. The number of aromatic nitrogens is 2. The maximum absolute atomic E-state index is 11.9.